The lowest BCUT2D eigenvalue weighted by Crippen LogP contribution is -2.54. The summed E-state index contributed by atoms with van der Waals surface area (Å²) in [6.45, 7) is 12.3. The average molecular weight is 241 g/mol. The third-order valence-electron chi connectivity index (χ3n) is 3.59. The summed E-state index contributed by atoms with van der Waals surface area (Å²) in [5.41, 5.74) is -0.970. The van der Waals surface area contributed by atoms with Gasteiger partial charge in [-0.25, -0.2) is 0 Å². The van der Waals surface area contributed by atoms with Crippen molar-refractivity contribution in [2.24, 2.45) is 11.8 Å². The van der Waals surface area contributed by atoms with E-state index < -0.39 is 5.60 Å². The van der Waals surface area contributed by atoms with Gasteiger partial charge in [-0.05, 0) is 25.3 Å². The molecule has 0 radical (unpaired) electrons. The van der Waals surface area contributed by atoms with E-state index in [-0.39, 0.29) is 24.2 Å². The zero-order valence-corrected chi connectivity index (χ0v) is 11.7. The van der Waals surface area contributed by atoms with Crippen LogP contribution in [0.5, 0.6) is 0 Å². The van der Waals surface area contributed by atoms with Crippen LogP contribution >= 0.6 is 0 Å². The van der Waals surface area contributed by atoms with Crippen molar-refractivity contribution in [3.63, 3.8) is 0 Å². The van der Waals surface area contributed by atoms with Crippen LogP contribution in [0.2, 0.25) is 0 Å². The van der Waals surface area contributed by atoms with E-state index in [2.05, 4.69) is 39.6 Å². The van der Waals surface area contributed by atoms with E-state index in [1.54, 1.807) is 6.08 Å². The average Bonchev–Trinajstić information content (AvgIpc) is 2.51. The number of nitrogens with one attached hydrogen (secondary N) is 1. The molecule has 0 aromatic carbocycles. The van der Waals surface area contributed by atoms with Gasteiger partial charge in [0.1, 0.15) is 5.60 Å². The predicted molar refractivity (Wildman–Crippen MR) is 70.9 cm³/mol. The molecule has 0 aromatic heterocycles. The first kappa shape index (κ1) is 14.7. The minimum absolute atomic E-state index is 0.0513. The highest BCUT2D eigenvalue weighted by atomic mass is 16.5. The van der Waals surface area contributed by atoms with Crippen molar-refractivity contribution in [3.05, 3.63) is 12.7 Å². The summed E-state index contributed by atoms with van der Waals surface area (Å²) in [6.07, 6.45) is 2.46. The molecule has 2 N–H and O–H groups in total. The van der Waals surface area contributed by atoms with Gasteiger partial charge < -0.3 is 15.2 Å². The topological polar surface area (TPSA) is 41.5 Å². The Bertz CT molecular complexity index is 265. The summed E-state index contributed by atoms with van der Waals surface area (Å²) >= 11 is 0. The molecular weight excluding hydrogens is 214 g/mol. The molecule has 0 unspecified atom stereocenters. The molecule has 0 amide bonds. The third-order valence-corrected chi connectivity index (χ3v) is 3.59. The molecule has 1 rings (SSSR count). The van der Waals surface area contributed by atoms with Crippen molar-refractivity contribution in [1.82, 2.24) is 5.32 Å². The third kappa shape index (κ3) is 2.72. The maximum absolute atomic E-state index is 10.8. The van der Waals surface area contributed by atoms with Crippen LogP contribution in [0.1, 0.15) is 34.1 Å². The van der Waals surface area contributed by atoms with E-state index in [0.29, 0.717) is 5.92 Å². The molecule has 1 heterocycles. The highest BCUT2D eigenvalue weighted by Gasteiger charge is 2.53. The first-order chi connectivity index (χ1) is 7.86. The Morgan fingerprint density at radius 3 is 2.35 bits per heavy atom. The smallest absolute Gasteiger partial charge is 0.126 e. The molecule has 100 valence electrons. The first-order valence-corrected chi connectivity index (χ1v) is 6.55. The number of hydrogen-bond acceptors (Lipinski definition) is 3. The fourth-order valence-electron chi connectivity index (χ4n) is 2.86. The summed E-state index contributed by atoms with van der Waals surface area (Å²) in [5.74, 6) is 0.821. The van der Waals surface area contributed by atoms with Gasteiger partial charge in [0.2, 0.25) is 0 Å². The first-order valence-electron chi connectivity index (χ1n) is 6.55. The lowest BCUT2D eigenvalue weighted by atomic mass is 9.82. The number of rotatable bonds is 5. The van der Waals surface area contributed by atoms with Gasteiger partial charge in [0, 0.05) is 0 Å². The second-order valence-corrected chi connectivity index (χ2v) is 5.83. The summed E-state index contributed by atoms with van der Waals surface area (Å²) in [6, 6.07) is -0.0743. The van der Waals surface area contributed by atoms with E-state index >= 15 is 0 Å². The number of ether oxygens (including phenoxy) is 1. The van der Waals surface area contributed by atoms with Crippen molar-refractivity contribution >= 4 is 0 Å². The molecule has 1 aliphatic rings. The molecule has 0 spiro atoms. The highest BCUT2D eigenvalue weighted by molar-refractivity contribution is 5.16. The van der Waals surface area contributed by atoms with Crippen molar-refractivity contribution in [3.8, 4) is 0 Å². The molecule has 1 aliphatic heterocycles. The van der Waals surface area contributed by atoms with Gasteiger partial charge in [0.15, 0.2) is 0 Å². The standard InChI is InChI=1S/C14H27NO2/c1-7-14(16)12(15-6)11(8-9(2)3)17-13(14)10(4)5/h7,9-13,15-16H,1,8H2,2-6H3/t11-,12+,13+,14-/m1/s1. The fraction of sp³-hybridized carbons (Fsp3) is 0.857. The van der Waals surface area contributed by atoms with Gasteiger partial charge in [0.25, 0.3) is 0 Å². The zero-order chi connectivity index (χ0) is 13.2. The van der Waals surface area contributed by atoms with Gasteiger partial charge in [0.05, 0.1) is 18.2 Å². The predicted octanol–water partition coefficient (Wildman–Crippen LogP) is 1.96. The summed E-state index contributed by atoms with van der Waals surface area (Å²) < 4.78 is 6.06. The lowest BCUT2D eigenvalue weighted by Gasteiger charge is -2.32. The number of likely N-dealkylation sites (N-methyl/N-ethyl adjacent to an activating group) is 1. The Hall–Kier alpha value is -0.380. The number of aliphatic hydroxyl groups is 1. The molecule has 3 nitrogen and oxygen atoms in total. The van der Waals surface area contributed by atoms with E-state index in [1.165, 1.54) is 0 Å². The van der Waals surface area contributed by atoms with Crippen molar-refractivity contribution in [2.45, 2.75) is 58.0 Å². The Labute approximate surface area is 105 Å². The Balaban J connectivity index is 2.96. The molecular formula is C14H27NO2. The van der Waals surface area contributed by atoms with Crippen LogP contribution in [-0.4, -0.2) is 36.0 Å². The van der Waals surface area contributed by atoms with E-state index in [0.717, 1.165) is 6.42 Å². The quantitative estimate of drug-likeness (QED) is 0.723. The van der Waals surface area contributed by atoms with Crippen LogP contribution in [0.25, 0.3) is 0 Å². The molecule has 4 atom stereocenters. The molecule has 0 bridgehead atoms. The molecule has 3 heteroatoms. The van der Waals surface area contributed by atoms with Crippen LogP contribution in [0.3, 0.4) is 0 Å². The Morgan fingerprint density at radius 1 is 1.41 bits per heavy atom. The summed E-state index contributed by atoms with van der Waals surface area (Å²) in [5, 5.41) is 14.0. The molecule has 17 heavy (non-hydrogen) atoms. The molecule has 0 aromatic rings. The second-order valence-electron chi connectivity index (χ2n) is 5.83. The number of hydrogen-bond donors (Lipinski definition) is 2. The fourth-order valence-corrected chi connectivity index (χ4v) is 2.86. The molecule has 1 fully saturated rings. The van der Waals surface area contributed by atoms with Crippen molar-refractivity contribution in [2.75, 3.05) is 7.05 Å². The normalized spacial score (nSPS) is 38.0. The van der Waals surface area contributed by atoms with E-state index in [9.17, 15) is 5.11 Å². The van der Waals surface area contributed by atoms with Crippen molar-refractivity contribution < 1.29 is 9.84 Å². The molecule has 0 aliphatic carbocycles. The summed E-state index contributed by atoms with van der Waals surface area (Å²) in [4.78, 5) is 0. The summed E-state index contributed by atoms with van der Waals surface area (Å²) in [7, 11) is 1.87. The Morgan fingerprint density at radius 2 is 2.00 bits per heavy atom. The van der Waals surface area contributed by atoms with Crippen LogP contribution in [0.15, 0.2) is 12.7 Å². The van der Waals surface area contributed by atoms with Gasteiger partial charge in [-0.3, -0.25) is 0 Å². The van der Waals surface area contributed by atoms with Gasteiger partial charge in [-0.2, -0.15) is 0 Å². The van der Waals surface area contributed by atoms with E-state index in [4.69, 9.17) is 4.74 Å². The zero-order valence-electron chi connectivity index (χ0n) is 11.7. The van der Waals surface area contributed by atoms with Crippen molar-refractivity contribution in [1.29, 1.82) is 0 Å². The van der Waals surface area contributed by atoms with Crippen LogP contribution in [-0.2, 0) is 4.74 Å². The van der Waals surface area contributed by atoms with Gasteiger partial charge in [-0.15, -0.1) is 6.58 Å². The maximum atomic E-state index is 10.8. The van der Waals surface area contributed by atoms with Crippen LogP contribution in [0.4, 0.5) is 0 Å². The lowest BCUT2D eigenvalue weighted by molar-refractivity contribution is -0.0502. The van der Waals surface area contributed by atoms with Crippen LogP contribution < -0.4 is 5.32 Å². The monoisotopic (exact) mass is 241 g/mol. The van der Waals surface area contributed by atoms with Gasteiger partial charge >= 0.3 is 0 Å². The van der Waals surface area contributed by atoms with Gasteiger partial charge in [-0.1, -0.05) is 33.8 Å². The minimum atomic E-state index is -0.970. The molecule has 0 saturated carbocycles. The second kappa shape index (κ2) is 5.51. The maximum Gasteiger partial charge on any atom is 0.126 e. The van der Waals surface area contributed by atoms with Crippen LogP contribution in [0, 0.1) is 11.8 Å². The SMILES string of the molecule is C=C[C@]1(O)[C@H](C(C)C)O[C@H](CC(C)C)[C@@H]1NC. The minimum Gasteiger partial charge on any atom is -0.381 e. The van der Waals surface area contributed by atoms with E-state index in [1.807, 2.05) is 7.05 Å². The Kier molecular flexibility index (Phi) is 4.76. The largest absolute Gasteiger partial charge is 0.381 e. The highest BCUT2D eigenvalue weighted by Crippen LogP contribution is 2.38. The molecule has 1 saturated heterocycles.